The molecule has 0 saturated carbocycles. The predicted molar refractivity (Wildman–Crippen MR) is 49.4 cm³/mol. The van der Waals surface area contributed by atoms with Gasteiger partial charge >= 0.3 is 0 Å². The van der Waals surface area contributed by atoms with Crippen molar-refractivity contribution < 1.29 is 0 Å². The van der Waals surface area contributed by atoms with Crippen molar-refractivity contribution in [3.8, 4) is 0 Å². The minimum atomic E-state index is 0.649. The van der Waals surface area contributed by atoms with E-state index >= 15 is 0 Å². The van der Waals surface area contributed by atoms with Gasteiger partial charge in [-0.3, -0.25) is 5.01 Å². The van der Waals surface area contributed by atoms with E-state index in [0.717, 1.165) is 44.2 Å². The van der Waals surface area contributed by atoms with Gasteiger partial charge in [0, 0.05) is 26.2 Å². The second-order valence-corrected chi connectivity index (χ2v) is 3.13. The zero-order valence-electron chi connectivity index (χ0n) is 7.75. The maximum Gasteiger partial charge on any atom is 0.0249 e. The summed E-state index contributed by atoms with van der Waals surface area (Å²) in [7, 11) is 0. The Balaban J connectivity index is 2.15. The van der Waals surface area contributed by atoms with Crippen LogP contribution in [0.4, 0.5) is 0 Å². The van der Waals surface area contributed by atoms with Crippen molar-refractivity contribution in [3.63, 3.8) is 0 Å². The third-order valence-electron chi connectivity index (χ3n) is 2.11. The summed E-state index contributed by atoms with van der Waals surface area (Å²) in [6.07, 6.45) is 2.08. The van der Waals surface area contributed by atoms with Crippen LogP contribution in [0.15, 0.2) is 0 Å². The summed E-state index contributed by atoms with van der Waals surface area (Å²) < 4.78 is 0. The summed E-state index contributed by atoms with van der Waals surface area (Å²) in [5.74, 6) is 0. The summed E-state index contributed by atoms with van der Waals surface area (Å²) in [5, 5.41) is 17.6. The lowest BCUT2D eigenvalue weighted by Crippen LogP contribution is -2.50. The predicted octanol–water partition coefficient (Wildman–Crippen LogP) is 0.407. The Bertz CT molecular complexity index is 115. The standard InChI is InChI=1S/C8H18N3O/c1-2-3-6-11(12)10-7-4-9-5-8-10/h9H,2-8H2,1H3/q-1. The molecule has 1 aliphatic heterocycles. The van der Waals surface area contributed by atoms with Gasteiger partial charge in [0.05, 0.1) is 0 Å². The highest BCUT2D eigenvalue weighted by molar-refractivity contribution is 4.66. The van der Waals surface area contributed by atoms with Crippen LogP contribution in [0.3, 0.4) is 0 Å². The fourth-order valence-electron chi connectivity index (χ4n) is 1.31. The zero-order chi connectivity index (χ0) is 8.81. The summed E-state index contributed by atoms with van der Waals surface area (Å²) in [4.78, 5) is 0. The number of hydrazine groups is 1. The number of rotatable bonds is 4. The SMILES string of the molecule is CCCCN([O-])N1CCNCC1. The monoisotopic (exact) mass is 172 g/mol. The Morgan fingerprint density at radius 1 is 1.42 bits per heavy atom. The van der Waals surface area contributed by atoms with E-state index in [9.17, 15) is 5.21 Å². The van der Waals surface area contributed by atoms with Crippen LogP contribution in [-0.4, -0.2) is 42.9 Å². The van der Waals surface area contributed by atoms with Crippen molar-refractivity contribution in [3.05, 3.63) is 5.21 Å². The Hall–Kier alpha value is -0.160. The largest absolute Gasteiger partial charge is 0.772 e. The molecule has 1 fully saturated rings. The molecular weight excluding hydrogens is 154 g/mol. The highest BCUT2D eigenvalue weighted by Gasteiger charge is 2.09. The molecule has 0 bridgehead atoms. The third-order valence-corrected chi connectivity index (χ3v) is 2.11. The average Bonchev–Trinajstić information content (AvgIpc) is 2.15. The fraction of sp³-hybridized carbons (Fsp3) is 1.00. The summed E-state index contributed by atoms with van der Waals surface area (Å²) in [5.41, 5.74) is 0. The van der Waals surface area contributed by atoms with Crippen LogP contribution < -0.4 is 5.32 Å². The Kier molecular flexibility index (Phi) is 4.53. The lowest BCUT2D eigenvalue weighted by atomic mass is 10.3. The summed E-state index contributed by atoms with van der Waals surface area (Å²) in [6.45, 7) is 6.33. The Morgan fingerprint density at radius 3 is 2.67 bits per heavy atom. The fourth-order valence-corrected chi connectivity index (χ4v) is 1.31. The van der Waals surface area contributed by atoms with Crippen LogP contribution in [0.2, 0.25) is 0 Å². The molecule has 1 heterocycles. The van der Waals surface area contributed by atoms with Crippen molar-refractivity contribution in [2.75, 3.05) is 32.7 Å². The summed E-state index contributed by atoms with van der Waals surface area (Å²) >= 11 is 0. The van der Waals surface area contributed by atoms with Gasteiger partial charge in [0.1, 0.15) is 0 Å². The van der Waals surface area contributed by atoms with Crippen molar-refractivity contribution in [2.45, 2.75) is 19.8 Å². The van der Waals surface area contributed by atoms with Gasteiger partial charge in [-0.2, -0.15) is 0 Å². The molecule has 0 aromatic heterocycles. The third kappa shape index (κ3) is 3.06. The van der Waals surface area contributed by atoms with Crippen LogP contribution in [0.5, 0.6) is 0 Å². The molecule has 0 atom stereocenters. The number of hydroxylamine groups is 1. The van der Waals surface area contributed by atoms with Crippen molar-refractivity contribution in [2.24, 2.45) is 0 Å². The Labute approximate surface area is 74.1 Å². The van der Waals surface area contributed by atoms with Gasteiger partial charge in [0.25, 0.3) is 0 Å². The molecule has 0 spiro atoms. The smallest absolute Gasteiger partial charge is 0.0249 e. The molecule has 0 radical (unpaired) electrons. The number of nitrogens with zero attached hydrogens (tertiary/aromatic N) is 2. The van der Waals surface area contributed by atoms with Crippen LogP contribution >= 0.6 is 0 Å². The van der Waals surface area contributed by atoms with Gasteiger partial charge in [0.2, 0.25) is 0 Å². The first-order chi connectivity index (χ1) is 5.84. The molecule has 0 amide bonds. The highest BCUT2D eigenvalue weighted by Crippen LogP contribution is 2.00. The molecule has 0 aromatic carbocycles. The molecule has 1 saturated heterocycles. The number of unbranched alkanes of at least 4 members (excludes halogenated alkanes) is 1. The molecular formula is C8H18N3O-. The van der Waals surface area contributed by atoms with Gasteiger partial charge in [0.15, 0.2) is 0 Å². The van der Waals surface area contributed by atoms with Gasteiger partial charge < -0.3 is 15.7 Å². The van der Waals surface area contributed by atoms with Gasteiger partial charge in [-0.15, -0.1) is 0 Å². The molecule has 0 unspecified atom stereocenters. The normalized spacial score (nSPS) is 20.2. The van der Waals surface area contributed by atoms with E-state index in [0.29, 0.717) is 6.54 Å². The molecule has 4 heteroatoms. The lowest BCUT2D eigenvalue weighted by Gasteiger charge is -2.42. The van der Waals surface area contributed by atoms with E-state index in [4.69, 9.17) is 0 Å². The minimum Gasteiger partial charge on any atom is -0.772 e. The number of hydrogen-bond acceptors (Lipinski definition) is 4. The molecule has 0 aliphatic carbocycles. The van der Waals surface area contributed by atoms with Crippen LogP contribution in [-0.2, 0) is 0 Å². The second kappa shape index (κ2) is 5.48. The lowest BCUT2D eigenvalue weighted by molar-refractivity contribution is 0.00975. The van der Waals surface area contributed by atoms with E-state index in [1.54, 1.807) is 0 Å². The first-order valence-corrected chi connectivity index (χ1v) is 4.75. The van der Waals surface area contributed by atoms with E-state index < -0.39 is 0 Å². The molecule has 4 nitrogen and oxygen atoms in total. The number of nitrogens with one attached hydrogen (secondary N) is 1. The van der Waals surface area contributed by atoms with E-state index in [-0.39, 0.29) is 0 Å². The van der Waals surface area contributed by atoms with E-state index in [1.807, 2.05) is 5.01 Å². The van der Waals surface area contributed by atoms with Crippen molar-refractivity contribution >= 4 is 0 Å². The van der Waals surface area contributed by atoms with Gasteiger partial charge in [-0.1, -0.05) is 13.3 Å². The summed E-state index contributed by atoms with van der Waals surface area (Å²) in [6, 6.07) is 0. The van der Waals surface area contributed by atoms with Gasteiger partial charge in [-0.05, 0) is 13.0 Å². The minimum absolute atomic E-state index is 0.649. The van der Waals surface area contributed by atoms with E-state index in [2.05, 4.69) is 12.2 Å². The average molecular weight is 172 g/mol. The zero-order valence-corrected chi connectivity index (χ0v) is 7.75. The molecule has 12 heavy (non-hydrogen) atoms. The molecule has 1 N–H and O–H groups in total. The van der Waals surface area contributed by atoms with Crippen LogP contribution in [0.1, 0.15) is 19.8 Å². The Morgan fingerprint density at radius 2 is 2.08 bits per heavy atom. The van der Waals surface area contributed by atoms with Crippen molar-refractivity contribution in [1.82, 2.24) is 15.5 Å². The quantitative estimate of drug-likeness (QED) is 0.623. The molecule has 0 aromatic rings. The van der Waals surface area contributed by atoms with Gasteiger partial charge in [-0.25, -0.2) is 0 Å². The first-order valence-electron chi connectivity index (χ1n) is 4.75. The number of hydrogen-bond donors (Lipinski definition) is 1. The topological polar surface area (TPSA) is 41.6 Å². The first kappa shape index (κ1) is 9.92. The van der Waals surface area contributed by atoms with Crippen LogP contribution in [0, 0.1) is 5.21 Å². The van der Waals surface area contributed by atoms with E-state index in [1.165, 1.54) is 0 Å². The second-order valence-electron chi connectivity index (χ2n) is 3.13. The van der Waals surface area contributed by atoms with Crippen molar-refractivity contribution in [1.29, 1.82) is 0 Å². The maximum atomic E-state index is 11.4. The van der Waals surface area contributed by atoms with Crippen LogP contribution in [0.25, 0.3) is 0 Å². The number of piperazine rings is 1. The maximum absolute atomic E-state index is 11.4. The highest BCUT2D eigenvalue weighted by atomic mass is 16.5. The molecule has 72 valence electrons. The molecule has 1 aliphatic rings. The molecule has 1 rings (SSSR count).